The summed E-state index contributed by atoms with van der Waals surface area (Å²) in [6.07, 6.45) is -1.09. The van der Waals surface area contributed by atoms with E-state index in [0.29, 0.717) is 10.9 Å². The van der Waals surface area contributed by atoms with Crippen molar-refractivity contribution in [2.75, 3.05) is 5.75 Å². The Hall–Kier alpha value is -4.69. The summed E-state index contributed by atoms with van der Waals surface area (Å²) in [5.41, 5.74) is 6.38. The molecule has 0 saturated carbocycles. The van der Waals surface area contributed by atoms with Gasteiger partial charge in [-0.15, -0.1) is 5.10 Å². The highest BCUT2D eigenvalue weighted by Crippen LogP contribution is 2.43. The molecule has 10 nitrogen and oxygen atoms in total. The Morgan fingerprint density at radius 3 is 2.22 bits per heavy atom. The van der Waals surface area contributed by atoms with Crippen LogP contribution in [0.2, 0.25) is 0 Å². The van der Waals surface area contributed by atoms with Crippen LogP contribution in [0.3, 0.4) is 0 Å². The molecule has 4 unspecified atom stereocenters. The van der Waals surface area contributed by atoms with Gasteiger partial charge in [0, 0.05) is 23.8 Å². The zero-order valence-electron chi connectivity index (χ0n) is 27.8. The Labute approximate surface area is 301 Å². The summed E-state index contributed by atoms with van der Waals surface area (Å²) in [5, 5.41) is 22.7. The van der Waals surface area contributed by atoms with E-state index >= 15 is 0 Å². The van der Waals surface area contributed by atoms with Crippen LogP contribution in [0.25, 0.3) is 16.8 Å². The minimum Gasteiger partial charge on any atom is -0.392 e. The highest BCUT2D eigenvalue weighted by molar-refractivity contribution is 7.99. The topological polar surface area (TPSA) is 128 Å². The molecule has 0 radical (unpaired) electrons. The van der Waals surface area contributed by atoms with Crippen molar-refractivity contribution in [3.8, 4) is 16.8 Å². The van der Waals surface area contributed by atoms with Crippen LogP contribution < -0.4 is 4.72 Å². The summed E-state index contributed by atoms with van der Waals surface area (Å²) in [7, 11) is -3.62. The fourth-order valence-corrected chi connectivity index (χ4v) is 8.11. The zero-order chi connectivity index (χ0) is 35.2. The number of thioether (sulfide) groups is 1. The lowest BCUT2D eigenvalue weighted by molar-refractivity contribution is -0.268. The number of benzene rings is 5. The van der Waals surface area contributed by atoms with Gasteiger partial charge in [-0.05, 0) is 68.6 Å². The number of nitrogens with zero attached hydrogens (tertiary/aromatic N) is 4. The van der Waals surface area contributed by atoms with E-state index in [1.807, 2.05) is 103 Å². The second-order valence-corrected chi connectivity index (χ2v) is 15.1. The average molecular weight is 720 g/mol. The first-order valence-electron chi connectivity index (χ1n) is 16.6. The van der Waals surface area contributed by atoms with Crippen molar-refractivity contribution in [2.24, 2.45) is 5.92 Å². The summed E-state index contributed by atoms with van der Waals surface area (Å²) in [6, 6.07) is 41.9. The Balaban J connectivity index is 1.09. The molecule has 7 rings (SSSR count). The van der Waals surface area contributed by atoms with Crippen LogP contribution >= 0.6 is 11.8 Å². The van der Waals surface area contributed by atoms with Gasteiger partial charge in [0.15, 0.2) is 6.29 Å². The quantitative estimate of drug-likeness (QED) is 0.130. The molecule has 6 aromatic rings. The number of rotatable bonds is 12. The first-order chi connectivity index (χ1) is 24.9. The number of ether oxygens (including phenoxy) is 2. The van der Waals surface area contributed by atoms with Gasteiger partial charge in [0.1, 0.15) is 0 Å². The van der Waals surface area contributed by atoms with E-state index in [1.54, 1.807) is 35.0 Å². The third-order valence-electron chi connectivity index (χ3n) is 8.90. The number of sulfonamides is 1. The number of nitrogens with one attached hydrogen (secondary N) is 1. The normalized spacial score (nSPS) is 19.2. The highest BCUT2D eigenvalue weighted by atomic mass is 32.2. The fraction of sp³-hybridized carbons (Fsp3) is 0.205. The van der Waals surface area contributed by atoms with Crippen LogP contribution in [-0.2, 0) is 32.6 Å². The van der Waals surface area contributed by atoms with Crippen LogP contribution in [0.4, 0.5) is 0 Å². The van der Waals surface area contributed by atoms with Crippen molar-refractivity contribution in [3.05, 3.63) is 156 Å². The van der Waals surface area contributed by atoms with Gasteiger partial charge in [0.2, 0.25) is 15.2 Å². The van der Waals surface area contributed by atoms with E-state index in [9.17, 15) is 13.5 Å². The van der Waals surface area contributed by atoms with Gasteiger partial charge in [0.05, 0.1) is 29.4 Å². The largest absolute Gasteiger partial charge is 0.392 e. The smallest absolute Gasteiger partial charge is 0.240 e. The van der Waals surface area contributed by atoms with Crippen LogP contribution in [0.1, 0.15) is 41.6 Å². The van der Waals surface area contributed by atoms with E-state index in [2.05, 4.69) is 27.2 Å². The van der Waals surface area contributed by atoms with Gasteiger partial charge in [-0.3, -0.25) is 0 Å². The molecule has 1 aliphatic rings. The SMILES string of the molecule is CC1C(CSc2nnnn2-c2ccccc2)OC(c2ccc(-c3cccc(CNS(=O)(=O)c4ccccc4)c3)cc2)OC1c1ccc(CO)cc1. The summed E-state index contributed by atoms with van der Waals surface area (Å²) in [4.78, 5) is 0.232. The lowest BCUT2D eigenvalue weighted by Crippen LogP contribution is -2.38. The lowest BCUT2D eigenvalue weighted by atomic mass is 9.91. The van der Waals surface area contributed by atoms with Crippen LogP contribution in [-0.4, -0.2) is 45.6 Å². The molecule has 5 aromatic carbocycles. The number of aliphatic hydroxyl groups is 1. The van der Waals surface area contributed by atoms with Gasteiger partial charge >= 0.3 is 0 Å². The van der Waals surface area contributed by atoms with Crippen molar-refractivity contribution in [3.63, 3.8) is 0 Å². The minimum atomic E-state index is -3.62. The number of aromatic nitrogens is 4. The first kappa shape index (κ1) is 34.7. The molecular formula is C39H37N5O5S2. The zero-order valence-corrected chi connectivity index (χ0v) is 29.5. The standard InChI is InChI=1S/C39H37N5O5S2/c1-27-36(26-50-39-41-42-43-44(39)34-11-4-2-5-12-34)48-38(49-37(27)31-17-15-28(25-45)16-18-31)32-21-19-30(20-22-32)33-10-8-9-29(23-33)24-40-51(46,47)35-13-6-3-7-14-35/h2-23,27,36-38,40,45H,24-26H2,1H3. The lowest BCUT2D eigenvalue weighted by Gasteiger charge is -2.41. The van der Waals surface area contributed by atoms with Crippen LogP contribution in [0.15, 0.2) is 144 Å². The molecule has 0 aliphatic carbocycles. The van der Waals surface area contributed by atoms with Crippen molar-refractivity contribution in [2.45, 2.75) is 48.6 Å². The molecule has 2 heterocycles. The third-order valence-corrected chi connectivity index (χ3v) is 11.3. The molecule has 4 atom stereocenters. The molecular weight excluding hydrogens is 683 g/mol. The molecule has 260 valence electrons. The van der Waals surface area contributed by atoms with Crippen LogP contribution in [0.5, 0.6) is 0 Å². The summed E-state index contributed by atoms with van der Waals surface area (Å²) < 4.78 is 43.3. The van der Waals surface area contributed by atoms with Gasteiger partial charge in [-0.2, -0.15) is 4.68 Å². The number of aliphatic hydroxyl groups excluding tert-OH is 1. The maximum atomic E-state index is 12.8. The fourth-order valence-electron chi connectivity index (χ4n) is 6.02. The molecule has 1 aliphatic heterocycles. The van der Waals surface area contributed by atoms with Gasteiger partial charge in [-0.25, -0.2) is 13.1 Å². The van der Waals surface area contributed by atoms with Gasteiger partial charge in [0.25, 0.3) is 0 Å². The van der Waals surface area contributed by atoms with Crippen molar-refractivity contribution in [1.82, 2.24) is 24.9 Å². The summed E-state index contributed by atoms with van der Waals surface area (Å²) in [6.45, 7) is 2.27. The molecule has 1 saturated heterocycles. The van der Waals surface area contributed by atoms with Crippen molar-refractivity contribution < 1.29 is 23.0 Å². The van der Waals surface area contributed by atoms with Gasteiger partial charge in [-0.1, -0.05) is 122 Å². The van der Waals surface area contributed by atoms with Gasteiger partial charge < -0.3 is 14.6 Å². The highest BCUT2D eigenvalue weighted by Gasteiger charge is 2.38. The Bertz CT molecular complexity index is 2150. The molecule has 1 aromatic heterocycles. The number of hydrogen-bond donors (Lipinski definition) is 2. The predicted octanol–water partition coefficient (Wildman–Crippen LogP) is 6.88. The summed E-state index contributed by atoms with van der Waals surface area (Å²) in [5.74, 6) is 0.592. The number of tetrazole rings is 1. The number of para-hydroxylation sites is 1. The maximum Gasteiger partial charge on any atom is 0.240 e. The predicted molar refractivity (Wildman–Crippen MR) is 195 cm³/mol. The molecule has 2 N–H and O–H groups in total. The molecule has 0 bridgehead atoms. The van der Waals surface area contributed by atoms with Crippen LogP contribution in [0, 0.1) is 5.92 Å². The van der Waals surface area contributed by atoms with E-state index in [-0.39, 0.29) is 36.2 Å². The van der Waals surface area contributed by atoms with E-state index < -0.39 is 16.3 Å². The summed E-state index contributed by atoms with van der Waals surface area (Å²) >= 11 is 1.53. The average Bonchev–Trinajstić information content (AvgIpc) is 3.66. The third kappa shape index (κ3) is 8.12. The number of hydrogen-bond acceptors (Lipinski definition) is 9. The first-order valence-corrected chi connectivity index (χ1v) is 19.1. The molecule has 0 amide bonds. The molecule has 1 fully saturated rings. The van der Waals surface area contributed by atoms with E-state index in [0.717, 1.165) is 39.1 Å². The van der Waals surface area contributed by atoms with E-state index in [1.165, 1.54) is 11.8 Å². The minimum absolute atomic E-state index is 0.00360. The van der Waals surface area contributed by atoms with Crippen molar-refractivity contribution >= 4 is 21.8 Å². The van der Waals surface area contributed by atoms with Crippen molar-refractivity contribution in [1.29, 1.82) is 0 Å². The van der Waals surface area contributed by atoms with E-state index in [4.69, 9.17) is 9.47 Å². The maximum absolute atomic E-state index is 12.8. The second-order valence-electron chi connectivity index (χ2n) is 12.3. The Kier molecular flexibility index (Phi) is 10.7. The monoisotopic (exact) mass is 719 g/mol. The second kappa shape index (κ2) is 15.7. The Morgan fingerprint density at radius 2 is 1.49 bits per heavy atom. The molecule has 51 heavy (non-hydrogen) atoms. The molecule has 0 spiro atoms. The molecule has 12 heteroatoms. The Morgan fingerprint density at radius 1 is 0.784 bits per heavy atom.